The fourth-order valence-corrected chi connectivity index (χ4v) is 5.10. The lowest BCUT2D eigenvalue weighted by atomic mass is 10.0. The molecule has 18 heavy (non-hydrogen) atoms. The van der Waals surface area contributed by atoms with Gasteiger partial charge in [-0.25, -0.2) is 13.1 Å². The summed E-state index contributed by atoms with van der Waals surface area (Å²) in [6, 6.07) is 1.54. The maximum atomic E-state index is 12.2. The molecule has 0 spiro atoms. The molecule has 0 aliphatic carbocycles. The summed E-state index contributed by atoms with van der Waals surface area (Å²) < 4.78 is 28.0. The van der Waals surface area contributed by atoms with E-state index < -0.39 is 10.0 Å². The second-order valence-electron chi connectivity index (χ2n) is 4.47. The zero-order valence-corrected chi connectivity index (χ0v) is 14.5. The third kappa shape index (κ3) is 4.20. The van der Waals surface area contributed by atoms with Gasteiger partial charge in [0, 0.05) is 11.4 Å². The number of rotatable bonds is 6. The highest BCUT2D eigenvalue weighted by Gasteiger charge is 2.24. The number of aryl methyl sites for hydroxylation is 1. The largest absolute Gasteiger partial charge is 0.250 e. The molecule has 1 unspecified atom stereocenters. The van der Waals surface area contributed by atoms with E-state index in [1.165, 1.54) is 0 Å². The van der Waals surface area contributed by atoms with Crippen molar-refractivity contribution in [2.75, 3.05) is 5.33 Å². The van der Waals surface area contributed by atoms with Crippen LogP contribution in [0, 0.1) is 12.8 Å². The van der Waals surface area contributed by atoms with Gasteiger partial charge in [0.05, 0.1) is 4.34 Å². The molecular formula is C11H17BrClNO2S2. The van der Waals surface area contributed by atoms with Gasteiger partial charge in [0.25, 0.3) is 0 Å². The Morgan fingerprint density at radius 3 is 2.50 bits per heavy atom. The first-order chi connectivity index (χ1) is 8.27. The van der Waals surface area contributed by atoms with Crippen molar-refractivity contribution in [1.82, 2.24) is 4.72 Å². The number of sulfonamides is 1. The van der Waals surface area contributed by atoms with Gasteiger partial charge in [-0.1, -0.05) is 41.4 Å². The van der Waals surface area contributed by atoms with Crippen molar-refractivity contribution in [2.24, 2.45) is 5.92 Å². The van der Waals surface area contributed by atoms with E-state index >= 15 is 0 Å². The molecule has 3 nitrogen and oxygen atoms in total. The number of nitrogens with one attached hydrogen (secondary N) is 1. The molecule has 0 aliphatic rings. The molecule has 1 rings (SSSR count). The normalized spacial score (nSPS) is 14.1. The molecule has 0 amide bonds. The first kappa shape index (κ1) is 16.4. The maximum Gasteiger partial charge on any atom is 0.250 e. The molecule has 104 valence electrons. The third-order valence-electron chi connectivity index (χ3n) is 2.63. The van der Waals surface area contributed by atoms with Gasteiger partial charge in [0.1, 0.15) is 4.21 Å². The molecule has 0 saturated carbocycles. The van der Waals surface area contributed by atoms with Crippen LogP contribution in [0.3, 0.4) is 0 Å². The minimum absolute atomic E-state index is 0.0736. The van der Waals surface area contributed by atoms with Crippen LogP contribution in [0.4, 0.5) is 0 Å². The van der Waals surface area contributed by atoms with Crippen LogP contribution >= 0.6 is 38.9 Å². The van der Waals surface area contributed by atoms with Crippen molar-refractivity contribution in [1.29, 1.82) is 0 Å². The Kier molecular flexibility index (Phi) is 6.12. The second-order valence-corrected chi connectivity index (χ2v) is 8.86. The summed E-state index contributed by atoms with van der Waals surface area (Å²) in [6.07, 6.45) is 0.759. The predicted octanol–water partition coefficient (Wildman–Crippen LogP) is 3.80. The number of alkyl halides is 1. The van der Waals surface area contributed by atoms with E-state index in [1.54, 1.807) is 13.0 Å². The van der Waals surface area contributed by atoms with Crippen molar-refractivity contribution in [3.05, 3.63) is 16.0 Å². The summed E-state index contributed by atoms with van der Waals surface area (Å²) in [5, 5.41) is 0.766. The second kappa shape index (κ2) is 6.70. The highest BCUT2D eigenvalue weighted by atomic mass is 79.9. The van der Waals surface area contributed by atoms with Crippen LogP contribution in [0.2, 0.25) is 4.34 Å². The van der Waals surface area contributed by atoms with E-state index in [9.17, 15) is 8.42 Å². The molecule has 0 aromatic carbocycles. The van der Waals surface area contributed by atoms with Gasteiger partial charge < -0.3 is 0 Å². The summed E-state index contributed by atoms with van der Waals surface area (Å²) in [4.78, 5) is 0. The van der Waals surface area contributed by atoms with E-state index in [1.807, 2.05) is 13.8 Å². The van der Waals surface area contributed by atoms with Crippen LogP contribution in [0.25, 0.3) is 0 Å². The van der Waals surface area contributed by atoms with Gasteiger partial charge in [-0.3, -0.25) is 0 Å². The Balaban J connectivity index is 2.93. The summed E-state index contributed by atoms with van der Waals surface area (Å²) in [7, 11) is -3.47. The van der Waals surface area contributed by atoms with Gasteiger partial charge in [-0.15, -0.1) is 11.3 Å². The summed E-state index contributed by atoms with van der Waals surface area (Å²) in [5.41, 5.74) is 0.795. The molecule has 0 radical (unpaired) electrons. The number of thiophene rings is 1. The fourth-order valence-electron chi connectivity index (χ4n) is 1.47. The quantitative estimate of drug-likeness (QED) is 0.770. The van der Waals surface area contributed by atoms with Crippen molar-refractivity contribution in [3.8, 4) is 0 Å². The van der Waals surface area contributed by atoms with Crippen molar-refractivity contribution >= 4 is 48.9 Å². The van der Waals surface area contributed by atoms with Gasteiger partial charge in [-0.05, 0) is 30.9 Å². The number of hydrogen-bond donors (Lipinski definition) is 1. The lowest BCUT2D eigenvalue weighted by Gasteiger charge is -2.20. The molecule has 1 aromatic heterocycles. The lowest BCUT2D eigenvalue weighted by molar-refractivity contribution is 0.441. The summed E-state index contributed by atoms with van der Waals surface area (Å²) in [5.74, 6) is 0.244. The minimum Gasteiger partial charge on any atom is -0.207 e. The van der Waals surface area contributed by atoms with Crippen molar-refractivity contribution in [2.45, 2.75) is 37.4 Å². The van der Waals surface area contributed by atoms with Gasteiger partial charge in [0.2, 0.25) is 10.0 Å². The van der Waals surface area contributed by atoms with E-state index in [-0.39, 0.29) is 16.2 Å². The Morgan fingerprint density at radius 2 is 2.11 bits per heavy atom. The average molecular weight is 375 g/mol. The van der Waals surface area contributed by atoms with Crippen LogP contribution in [-0.2, 0) is 10.0 Å². The Hall–Kier alpha value is 0.380. The smallest absolute Gasteiger partial charge is 0.207 e. The molecule has 1 N–H and O–H groups in total. The fraction of sp³-hybridized carbons (Fsp3) is 0.636. The van der Waals surface area contributed by atoms with E-state index in [2.05, 4.69) is 20.7 Å². The maximum absolute atomic E-state index is 12.2. The van der Waals surface area contributed by atoms with Crippen LogP contribution in [0.15, 0.2) is 10.3 Å². The molecule has 0 fully saturated rings. The molecule has 7 heteroatoms. The average Bonchev–Trinajstić information content (AvgIpc) is 2.59. The Morgan fingerprint density at radius 1 is 1.50 bits per heavy atom. The number of halogens is 2. The van der Waals surface area contributed by atoms with Crippen LogP contribution < -0.4 is 4.72 Å². The molecular weight excluding hydrogens is 358 g/mol. The standard InChI is InChI=1S/C11H17BrClNO2S2/c1-7(2)9(4-5-12)14-18(15,16)10-6-8(3)11(13)17-10/h6-7,9,14H,4-5H2,1-3H3. The van der Waals surface area contributed by atoms with Crippen molar-refractivity contribution in [3.63, 3.8) is 0 Å². The number of hydrogen-bond acceptors (Lipinski definition) is 3. The first-order valence-corrected chi connectivity index (χ1v) is 9.42. The molecule has 0 aliphatic heterocycles. The molecule has 1 heterocycles. The van der Waals surface area contributed by atoms with Crippen molar-refractivity contribution < 1.29 is 8.42 Å². The van der Waals surface area contributed by atoms with Gasteiger partial charge in [-0.2, -0.15) is 0 Å². The highest BCUT2D eigenvalue weighted by molar-refractivity contribution is 9.09. The SMILES string of the molecule is Cc1cc(S(=O)(=O)NC(CCBr)C(C)C)sc1Cl. The highest BCUT2D eigenvalue weighted by Crippen LogP contribution is 2.30. The molecule has 1 aromatic rings. The van der Waals surface area contributed by atoms with E-state index in [4.69, 9.17) is 11.6 Å². The monoisotopic (exact) mass is 373 g/mol. The van der Waals surface area contributed by atoms with E-state index in [0.29, 0.717) is 4.34 Å². The topological polar surface area (TPSA) is 46.2 Å². The summed E-state index contributed by atoms with van der Waals surface area (Å²) in [6.45, 7) is 5.81. The third-order valence-corrected chi connectivity index (χ3v) is 6.61. The zero-order chi connectivity index (χ0) is 13.9. The molecule has 0 saturated heterocycles. The Bertz CT molecular complexity index is 480. The van der Waals surface area contributed by atoms with Gasteiger partial charge in [0.15, 0.2) is 0 Å². The van der Waals surface area contributed by atoms with Crippen LogP contribution in [0.5, 0.6) is 0 Å². The van der Waals surface area contributed by atoms with Gasteiger partial charge >= 0.3 is 0 Å². The molecule has 1 atom stereocenters. The summed E-state index contributed by atoms with van der Waals surface area (Å²) >= 11 is 10.4. The minimum atomic E-state index is -3.47. The Labute approximate surface area is 126 Å². The lowest BCUT2D eigenvalue weighted by Crippen LogP contribution is -2.38. The predicted molar refractivity (Wildman–Crippen MR) is 81.4 cm³/mol. The van der Waals surface area contributed by atoms with Crippen LogP contribution in [-0.4, -0.2) is 19.8 Å². The first-order valence-electron chi connectivity index (χ1n) is 5.62. The van der Waals surface area contributed by atoms with E-state index in [0.717, 1.165) is 28.7 Å². The van der Waals surface area contributed by atoms with Crippen LogP contribution in [0.1, 0.15) is 25.8 Å². The molecule has 0 bridgehead atoms. The zero-order valence-electron chi connectivity index (χ0n) is 10.5.